The Bertz CT molecular complexity index is 393. The highest BCUT2D eigenvalue weighted by atomic mass is 16.5. The summed E-state index contributed by atoms with van der Waals surface area (Å²) in [5.74, 6) is 0. The van der Waals surface area contributed by atoms with E-state index in [9.17, 15) is 4.79 Å². The van der Waals surface area contributed by atoms with Crippen LogP contribution < -0.4 is 5.32 Å². The molecule has 1 heterocycles. The Kier molecular flexibility index (Phi) is 2.83. The zero-order valence-corrected chi connectivity index (χ0v) is 8.62. The second-order valence-corrected chi connectivity index (χ2v) is 3.55. The summed E-state index contributed by atoms with van der Waals surface area (Å²) in [4.78, 5) is 10.8. The van der Waals surface area contributed by atoms with Gasteiger partial charge in [0.15, 0.2) is 0 Å². The van der Waals surface area contributed by atoms with Gasteiger partial charge in [-0.1, -0.05) is 29.8 Å². The Morgan fingerprint density at radius 3 is 2.73 bits per heavy atom. The van der Waals surface area contributed by atoms with E-state index in [1.54, 1.807) is 0 Å². The minimum atomic E-state index is 0.389. The molecule has 0 fully saturated rings. The first-order valence-electron chi connectivity index (χ1n) is 4.88. The average Bonchev–Trinajstić information content (AvgIpc) is 2.30. The Labute approximate surface area is 88.8 Å². The van der Waals surface area contributed by atoms with E-state index in [2.05, 4.69) is 5.32 Å². The highest BCUT2D eigenvalue weighted by Crippen LogP contribution is 2.18. The quantitative estimate of drug-likeness (QED) is 0.740. The third-order valence-corrected chi connectivity index (χ3v) is 2.41. The van der Waals surface area contributed by atoms with Crippen LogP contribution in [0.25, 0.3) is 5.70 Å². The van der Waals surface area contributed by atoms with Crippen molar-refractivity contribution < 1.29 is 9.53 Å². The van der Waals surface area contributed by atoms with E-state index in [0.29, 0.717) is 18.9 Å². The largest absolute Gasteiger partial charge is 0.362 e. The van der Waals surface area contributed by atoms with Crippen molar-refractivity contribution in [3.63, 3.8) is 0 Å². The molecule has 0 radical (unpaired) electrons. The van der Waals surface area contributed by atoms with Crippen molar-refractivity contribution in [1.82, 2.24) is 5.32 Å². The third kappa shape index (κ3) is 2.07. The van der Waals surface area contributed by atoms with Crippen molar-refractivity contribution in [3.8, 4) is 0 Å². The van der Waals surface area contributed by atoms with Gasteiger partial charge in [-0.25, -0.2) is 0 Å². The second-order valence-electron chi connectivity index (χ2n) is 3.55. The van der Waals surface area contributed by atoms with Gasteiger partial charge in [-0.15, -0.1) is 0 Å². The summed E-state index contributed by atoms with van der Waals surface area (Å²) in [6, 6.07) is 8.07. The van der Waals surface area contributed by atoms with E-state index >= 15 is 0 Å². The SMILES string of the molecule is Cc1ccc(C2=C(C=O)COCN2)cc1. The van der Waals surface area contributed by atoms with Crippen molar-refractivity contribution in [3.05, 3.63) is 41.0 Å². The third-order valence-electron chi connectivity index (χ3n) is 2.41. The van der Waals surface area contributed by atoms with Crippen molar-refractivity contribution >= 4 is 12.0 Å². The van der Waals surface area contributed by atoms with E-state index in [-0.39, 0.29) is 0 Å². The molecule has 1 N–H and O–H groups in total. The van der Waals surface area contributed by atoms with Gasteiger partial charge in [0.2, 0.25) is 0 Å². The normalized spacial score (nSPS) is 16.1. The molecule has 0 saturated carbocycles. The first-order valence-corrected chi connectivity index (χ1v) is 4.88. The molecule has 0 bridgehead atoms. The minimum Gasteiger partial charge on any atom is -0.362 e. The Hall–Kier alpha value is -1.61. The molecule has 3 heteroatoms. The van der Waals surface area contributed by atoms with E-state index in [1.807, 2.05) is 31.2 Å². The van der Waals surface area contributed by atoms with Gasteiger partial charge < -0.3 is 10.1 Å². The molecule has 0 saturated heterocycles. The number of aldehydes is 1. The van der Waals surface area contributed by atoms with Crippen LogP contribution in [0, 0.1) is 6.92 Å². The highest BCUT2D eigenvalue weighted by molar-refractivity contribution is 5.88. The summed E-state index contributed by atoms with van der Waals surface area (Å²) in [6.07, 6.45) is 0.849. The average molecular weight is 203 g/mol. The molecule has 2 rings (SSSR count). The van der Waals surface area contributed by atoms with Crippen molar-refractivity contribution in [2.75, 3.05) is 13.3 Å². The maximum atomic E-state index is 10.8. The summed E-state index contributed by atoms with van der Waals surface area (Å²) in [6.45, 7) is 2.89. The summed E-state index contributed by atoms with van der Waals surface area (Å²) < 4.78 is 5.15. The first-order chi connectivity index (χ1) is 7.31. The molecule has 1 aliphatic heterocycles. The first kappa shape index (κ1) is 9.93. The fraction of sp³-hybridized carbons (Fsp3) is 0.250. The number of nitrogens with one attached hydrogen (secondary N) is 1. The van der Waals surface area contributed by atoms with Crippen LogP contribution in [-0.4, -0.2) is 19.6 Å². The number of rotatable bonds is 2. The van der Waals surface area contributed by atoms with E-state index < -0.39 is 0 Å². The van der Waals surface area contributed by atoms with Crippen molar-refractivity contribution in [1.29, 1.82) is 0 Å². The number of hydrogen-bond donors (Lipinski definition) is 1. The molecule has 0 aliphatic carbocycles. The van der Waals surface area contributed by atoms with Crippen LogP contribution in [0.3, 0.4) is 0 Å². The minimum absolute atomic E-state index is 0.389. The summed E-state index contributed by atoms with van der Waals surface area (Å²) in [5, 5.41) is 3.08. The zero-order chi connectivity index (χ0) is 10.7. The summed E-state index contributed by atoms with van der Waals surface area (Å²) in [7, 11) is 0. The number of ether oxygens (including phenoxy) is 1. The van der Waals surface area contributed by atoms with Gasteiger partial charge in [-0.05, 0) is 12.5 Å². The van der Waals surface area contributed by atoms with Crippen molar-refractivity contribution in [2.45, 2.75) is 6.92 Å². The lowest BCUT2D eigenvalue weighted by Crippen LogP contribution is -2.25. The fourth-order valence-electron chi connectivity index (χ4n) is 1.57. The van der Waals surface area contributed by atoms with Crippen LogP contribution in [0.1, 0.15) is 11.1 Å². The van der Waals surface area contributed by atoms with E-state index in [4.69, 9.17) is 4.74 Å². The highest BCUT2D eigenvalue weighted by Gasteiger charge is 2.12. The molecule has 1 aromatic carbocycles. The van der Waals surface area contributed by atoms with Gasteiger partial charge in [-0.2, -0.15) is 0 Å². The molecule has 1 aromatic rings. The smallest absolute Gasteiger partial charge is 0.150 e. The van der Waals surface area contributed by atoms with Crippen LogP contribution in [-0.2, 0) is 9.53 Å². The summed E-state index contributed by atoms with van der Waals surface area (Å²) >= 11 is 0. The number of benzene rings is 1. The molecular weight excluding hydrogens is 190 g/mol. The molecule has 78 valence electrons. The number of aryl methyl sites for hydroxylation is 1. The van der Waals surface area contributed by atoms with Crippen LogP contribution in [0.5, 0.6) is 0 Å². The lowest BCUT2D eigenvalue weighted by atomic mass is 10.1. The van der Waals surface area contributed by atoms with Gasteiger partial charge in [0.05, 0.1) is 12.3 Å². The molecule has 1 aliphatic rings. The van der Waals surface area contributed by atoms with E-state index in [1.165, 1.54) is 5.56 Å². The standard InChI is InChI=1S/C12H13NO2/c1-9-2-4-10(5-3-9)12-11(6-14)7-15-8-13-12/h2-6,13H,7-8H2,1H3. The topological polar surface area (TPSA) is 38.3 Å². The van der Waals surface area contributed by atoms with Gasteiger partial charge >= 0.3 is 0 Å². The maximum Gasteiger partial charge on any atom is 0.150 e. The fourth-order valence-corrected chi connectivity index (χ4v) is 1.57. The molecule has 0 aromatic heterocycles. The number of carbonyl (C=O) groups excluding carboxylic acids is 1. The number of carbonyl (C=O) groups is 1. The second kappa shape index (κ2) is 4.28. The van der Waals surface area contributed by atoms with Crippen LogP contribution in [0.2, 0.25) is 0 Å². The Morgan fingerprint density at radius 1 is 1.33 bits per heavy atom. The van der Waals surface area contributed by atoms with Crippen molar-refractivity contribution in [2.24, 2.45) is 0 Å². The Balaban J connectivity index is 2.39. The summed E-state index contributed by atoms with van der Waals surface area (Å²) in [5.41, 5.74) is 3.80. The number of hydrogen-bond acceptors (Lipinski definition) is 3. The Morgan fingerprint density at radius 2 is 2.07 bits per heavy atom. The predicted molar refractivity (Wildman–Crippen MR) is 58.1 cm³/mol. The molecular formula is C12H13NO2. The molecule has 0 amide bonds. The van der Waals surface area contributed by atoms with Gasteiger partial charge in [0.1, 0.15) is 13.0 Å². The lowest BCUT2D eigenvalue weighted by Gasteiger charge is -2.19. The van der Waals surface area contributed by atoms with Gasteiger partial charge in [0.25, 0.3) is 0 Å². The zero-order valence-electron chi connectivity index (χ0n) is 8.62. The van der Waals surface area contributed by atoms with E-state index in [0.717, 1.165) is 17.5 Å². The monoisotopic (exact) mass is 203 g/mol. The molecule has 15 heavy (non-hydrogen) atoms. The van der Waals surface area contributed by atoms with Gasteiger partial charge in [-0.3, -0.25) is 4.79 Å². The molecule has 0 spiro atoms. The molecule has 0 atom stereocenters. The van der Waals surface area contributed by atoms with Crippen LogP contribution in [0.4, 0.5) is 0 Å². The predicted octanol–water partition coefficient (Wildman–Crippen LogP) is 1.48. The molecule has 0 unspecified atom stereocenters. The lowest BCUT2D eigenvalue weighted by molar-refractivity contribution is -0.105. The van der Waals surface area contributed by atoms with Crippen LogP contribution in [0.15, 0.2) is 29.8 Å². The maximum absolute atomic E-state index is 10.8. The van der Waals surface area contributed by atoms with Gasteiger partial charge in [0, 0.05) is 5.57 Å². The molecule has 3 nitrogen and oxygen atoms in total. The van der Waals surface area contributed by atoms with Crippen LogP contribution >= 0.6 is 0 Å².